The van der Waals surface area contributed by atoms with Crippen molar-refractivity contribution in [1.29, 1.82) is 0 Å². The lowest BCUT2D eigenvalue weighted by Crippen LogP contribution is -2.50. The minimum absolute atomic E-state index is 0.0499. The number of carbonyl (C=O) groups is 1. The maximum atomic E-state index is 13.8. The van der Waals surface area contributed by atoms with Crippen LogP contribution in [0.4, 0.5) is 4.39 Å². The molecule has 0 aliphatic carbocycles. The van der Waals surface area contributed by atoms with Gasteiger partial charge in [-0.25, -0.2) is 4.39 Å². The van der Waals surface area contributed by atoms with Crippen LogP contribution in [-0.4, -0.2) is 38.4 Å². The van der Waals surface area contributed by atoms with Crippen molar-refractivity contribution in [3.63, 3.8) is 0 Å². The number of amides is 1. The first kappa shape index (κ1) is 18.5. The first-order chi connectivity index (χ1) is 12.6. The second-order valence-corrected chi connectivity index (χ2v) is 6.64. The molecule has 26 heavy (non-hydrogen) atoms. The predicted octanol–water partition coefficient (Wildman–Crippen LogP) is 3.26. The van der Waals surface area contributed by atoms with E-state index in [4.69, 9.17) is 9.47 Å². The molecule has 0 saturated carbocycles. The predicted molar refractivity (Wildman–Crippen MR) is 97.9 cm³/mol. The fourth-order valence-electron chi connectivity index (χ4n) is 3.24. The molecule has 1 aliphatic heterocycles. The number of aryl methyl sites for hydroxylation is 1. The number of carbonyl (C=O) groups excluding carboxylic acids is 1. The number of methoxy groups -OCH3 is 1. The van der Waals surface area contributed by atoms with E-state index in [1.807, 2.05) is 24.3 Å². The fraction of sp³-hybridized carbons (Fsp3) is 0.381. The van der Waals surface area contributed by atoms with Gasteiger partial charge in [-0.05, 0) is 48.6 Å². The quantitative estimate of drug-likeness (QED) is 0.894. The van der Waals surface area contributed by atoms with Crippen LogP contribution in [-0.2, 0) is 15.9 Å². The van der Waals surface area contributed by atoms with Gasteiger partial charge in [-0.2, -0.15) is 0 Å². The maximum Gasteiger partial charge on any atom is 0.251 e. The van der Waals surface area contributed by atoms with E-state index >= 15 is 0 Å². The SMILES string of the molecule is CO[C@@H]1CCOC[C@H]1NC(=O)c1ccccc1Cc1ccc(C)c(F)c1. The van der Waals surface area contributed by atoms with Gasteiger partial charge in [-0.15, -0.1) is 0 Å². The summed E-state index contributed by atoms with van der Waals surface area (Å²) in [5.74, 6) is -0.391. The third-order valence-electron chi connectivity index (χ3n) is 4.80. The number of rotatable bonds is 5. The zero-order chi connectivity index (χ0) is 18.5. The smallest absolute Gasteiger partial charge is 0.251 e. The summed E-state index contributed by atoms with van der Waals surface area (Å²) >= 11 is 0. The Bertz CT molecular complexity index is 778. The highest BCUT2D eigenvalue weighted by atomic mass is 19.1. The zero-order valence-electron chi connectivity index (χ0n) is 15.1. The molecule has 2 aromatic carbocycles. The molecule has 0 radical (unpaired) electrons. The minimum atomic E-state index is -0.230. The highest BCUT2D eigenvalue weighted by Gasteiger charge is 2.27. The summed E-state index contributed by atoms with van der Waals surface area (Å²) in [6, 6.07) is 12.4. The molecular formula is C21H24FNO3. The average molecular weight is 357 g/mol. The van der Waals surface area contributed by atoms with Crippen molar-refractivity contribution in [2.24, 2.45) is 0 Å². The number of nitrogens with one attached hydrogen (secondary N) is 1. The van der Waals surface area contributed by atoms with Crippen molar-refractivity contribution < 1.29 is 18.7 Å². The van der Waals surface area contributed by atoms with Crippen LogP contribution in [0.15, 0.2) is 42.5 Å². The van der Waals surface area contributed by atoms with Crippen LogP contribution in [0.3, 0.4) is 0 Å². The molecule has 138 valence electrons. The molecule has 4 nitrogen and oxygen atoms in total. The summed E-state index contributed by atoms with van der Waals surface area (Å²) in [5.41, 5.74) is 2.90. The first-order valence-electron chi connectivity index (χ1n) is 8.83. The largest absolute Gasteiger partial charge is 0.379 e. The molecule has 1 aliphatic rings. The van der Waals surface area contributed by atoms with Crippen LogP contribution >= 0.6 is 0 Å². The van der Waals surface area contributed by atoms with E-state index in [9.17, 15) is 9.18 Å². The lowest BCUT2D eigenvalue weighted by molar-refractivity contribution is -0.0349. The van der Waals surface area contributed by atoms with Gasteiger partial charge in [0.25, 0.3) is 5.91 Å². The number of benzene rings is 2. The molecule has 2 atom stereocenters. The number of hydrogen-bond acceptors (Lipinski definition) is 3. The van der Waals surface area contributed by atoms with Crippen LogP contribution < -0.4 is 5.32 Å². The molecule has 2 aromatic rings. The highest BCUT2D eigenvalue weighted by Crippen LogP contribution is 2.18. The Balaban J connectivity index is 1.77. The standard InChI is InChI=1S/C21H24FNO3/c1-14-7-8-15(12-18(14)22)11-16-5-3-4-6-17(16)21(24)23-19-13-26-10-9-20(19)25-2/h3-8,12,19-20H,9-11,13H2,1-2H3,(H,23,24)/t19-,20-/m1/s1. The third-order valence-corrected chi connectivity index (χ3v) is 4.80. The van der Waals surface area contributed by atoms with Gasteiger partial charge in [-0.3, -0.25) is 4.79 Å². The van der Waals surface area contributed by atoms with E-state index in [1.165, 1.54) is 6.07 Å². The van der Waals surface area contributed by atoms with Gasteiger partial charge in [0.15, 0.2) is 0 Å². The van der Waals surface area contributed by atoms with Crippen molar-refractivity contribution in [3.05, 3.63) is 70.5 Å². The Hall–Kier alpha value is -2.24. The van der Waals surface area contributed by atoms with Gasteiger partial charge in [0, 0.05) is 19.3 Å². The summed E-state index contributed by atoms with van der Waals surface area (Å²) < 4.78 is 24.7. The van der Waals surface area contributed by atoms with Crippen LogP contribution in [0.1, 0.15) is 33.5 Å². The van der Waals surface area contributed by atoms with Gasteiger partial charge < -0.3 is 14.8 Å². The van der Waals surface area contributed by atoms with Crippen molar-refractivity contribution in [3.8, 4) is 0 Å². The molecule has 1 N–H and O–H groups in total. The first-order valence-corrected chi connectivity index (χ1v) is 8.83. The van der Waals surface area contributed by atoms with Crippen LogP contribution in [0.2, 0.25) is 0 Å². The Kier molecular flexibility index (Phi) is 6.01. The van der Waals surface area contributed by atoms with E-state index in [0.29, 0.717) is 30.8 Å². The van der Waals surface area contributed by atoms with Crippen LogP contribution in [0.5, 0.6) is 0 Å². The Morgan fingerprint density at radius 3 is 2.88 bits per heavy atom. The second kappa shape index (κ2) is 8.43. The molecule has 1 amide bonds. The molecule has 0 unspecified atom stereocenters. The topological polar surface area (TPSA) is 47.6 Å². The maximum absolute atomic E-state index is 13.8. The van der Waals surface area contributed by atoms with Gasteiger partial charge in [-0.1, -0.05) is 30.3 Å². The number of halogens is 1. The summed E-state index contributed by atoms with van der Waals surface area (Å²) in [6.07, 6.45) is 1.20. The lowest BCUT2D eigenvalue weighted by atomic mass is 9.98. The molecule has 1 saturated heterocycles. The normalized spacial score (nSPS) is 20.0. The molecule has 1 fully saturated rings. The van der Waals surface area contributed by atoms with Gasteiger partial charge in [0.1, 0.15) is 5.82 Å². The molecule has 5 heteroatoms. The summed E-state index contributed by atoms with van der Waals surface area (Å²) in [6.45, 7) is 2.81. The monoisotopic (exact) mass is 357 g/mol. The Labute approximate surface area is 153 Å². The fourth-order valence-corrected chi connectivity index (χ4v) is 3.24. The van der Waals surface area contributed by atoms with E-state index in [1.54, 1.807) is 26.2 Å². The average Bonchev–Trinajstić information content (AvgIpc) is 2.65. The molecule has 0 bridgehead atoms. The van der Waals surface area contributed by atoms with E-state index in [-0.39, 0.29) is 23.9 Å². The molecular weight excluding hydrogens is 333 g/mol. The van der Waals surface area contributed by atoms with E-state index in [2.05, 4.69) is 5.32 Å². The van der Waals surface area contributed by atoms with Crippen LogP contribution in [0, 0.1) is 12.7 Å². The molecule has 1 heterocycles. The van der Waals surface area contributed by atoms with Crippen molar-refractivity contribution in [2.75, 3.05) is 20.3 Å². The number of hydrogen-bond donors (Lipinski definition) is 1. The second-order valence-electron chi connectivity index (χ2n) is 6.64. The molecule has 3 rings (SSSR count). The van der Waals surface area contributed by atoms with E-state index < -0.39 is 0 Å². The van der Waals surface area contributed by atoms with Gasteiger partial charge in [0.2, 0.25) is 0 Å². The Morgan fingerprint density at radius 2 is 2.12 bits per heavy atom. The summed E-state index contributed by atoms with van der Waals surface area (Å²) in [4.78, 5) is 12.8. The van der Waals surface area contributed by atoms with Crippen molar-refractivity contribution in [2.45, 2.75) is 31.9 Å². The molecule has 0 aromatic heterocycles. The molecule has 0 spiro atoms. The summed E-state index contributed by atoms with van der Waals surface area (Å²) in [5, 5.41) is 3.02. The third kappa shape index (κ3) is 4.29. The van der Waals surface area contributed by atoms with Crippen molar-refractivity contribution >= 4 is 5.91 Å². The van der Waals surface area contributed by atoms with Gasteiger partial charge >= 0.3 is 0 Å². The van der Waals surface area contributed by atoms with E-state index in [0.717, 1.165) is 17.5 Å². The Morgan fingerprint density at radius 1 is 1.31 bits per heavy atom. The zero-order valence-corrected chi connectivity index (χ0v) is 15.1. The highest BCUT2D eigenvalue weighted by molar-refractivity contribution is 5.96. The van der Waals surface area contributed by atoms with Gasteiger partial charge in [0.05, 0.1) is 18.8 Å². The number of ether oxygens (including phenoxy) is 2. The summed E-state index contributed by atoms with van der Waals surface area (Å²) in [7, 11) is 1.65. The van der Waals surface area contributed by atoms with Crippen LogP contribution in [0.25, 0.3) is 0 Å². The van der Waals surface area contributed by atoms with Crippen molar-refractivity contribution in [1.82, 2.24) is 5.32 Å². The minimum Gasteiger partial charge on any atom is -0.379 e. The lowest BCUT2D eigenvalue weighted by Gasteiger charge is -2.31.